The van der Waals surface area contributed by atoms with Crippen LogP contribution in [0, 0.1) is 13.8 Å². The molecule has 3 heterocycles. The summed E-state index contributed by atoms with van der Waals surface area (Å²) >= 11 is 7.50. The second-order valence-electron chi connectivity index (χ2n) is 6.37. The molecule has 0 aliphatic carbocycles. The van der Waals surface area contributed by atoms with E-state index in [-0.39, 0.29) is 22.5 Å². The van der Waals surface area contributed by atoms with Gasteiger partial charge in [-0.1, -0.05) is 16.8 Å². The Balaban J connectivity index is 1.80. The molecule has 1 aliphatic rings. The van der Waals surface area contributed by atoms with Crippen LogP contribution in [0.4, 0.5) is 0 Å². The molecule has 8 nitrogen and oxygen atoms in total. The molecule has 1 aliphatic heterocycles. The monoisotopic (exact) mass is 454 g/mol. The van der Waals surface area contributed by atoms with E-state index in [4.69, 9.17) is 25.6 Å². The first-order valence-corrected chi connectivity index (χ1v) is 11.2. The van der Waals surface area contributed by atoms with Crippen LogP contribution in [0.15, 0.2) is 38.4 Å². The lowest BCUT2D eigenvalue weighted by molar-refractivity contribution is -0.120. The molecule has 1 amide bonds. The Hall–Kier alpha value is -2.56. The van der Waals surface area contributed by atoms with Crippen molar-refractivity contribution in [1.29, 1.82) is 0 Å². The zero-order chi connectivity index (χ0) is 20.8. The van der Waals surface area contributed by atoms with E-state index in [0.717, 1.165) is 0 Å². The molecule has 1 aromatic carbocycles. The molecule has 0 saturated carbocycles. The zero-order valence-corrected chi connectivity index (χ0v) is 17.7. The summed E-state index contributed by atoms with van der Waals surface area (Å²) in [5.41, 5.74) is 1.52. The number of aromatic nitrogens is 1. The summed E-state index contributed by atoms with van der Waals surface area (Å²) in [6, 6.07) is 4.74. The average Bonchev–Trinajstić information content (AvgIpc) is 3.40. The van der Waals surface area contributed by atoms with Gasteiger partial charge in [-0.05, 0) is 48.6 Å². The van der Waals surface area contributed by atoms with Crippen molar-refractivity contribution in [3.63, 3.8) is 0 Å². The number of carbonyl (C=O) groups is 1. The van der Waals surface area contributed by atoms with E-state index in [1.807, 2.05) is 0 Å². The SMILES string of the molecule is Cc1cc2c(cc1C(C(=O)NS(=O)(=O)c1ccsc1)c1onc(C)c1Cl)OCO2. The fourth-order valence-electron chi connectivity index (χ4n) is 2.98. The Morgan fingerprint density at radius 3 is 2.62 bits per heavy atom. The predicted molar refractivity (Wildman–Crippen MR) is 105 cm³/mol. The van der Waals surface area contributed by atoms with Crippen molar-refractivity contribution in [2.45, 2.75) is 24.7 Å². The summed E-state index contributed by atoms with van der Waals surface area (Å²) in [5, 5.41) is 6.99. The lowest BCUT2D eigenvalue weighted by Crippen LogP contribution is -2.35. The van der Waals surface area contributed by atoms with Gasteiger partial charge in [0, 0.05) is 5.38 Å². The van der Waals surface area contributed by atoms with Crippen LogP contribution in [0.2, 0.25) is 5.02 Å². The Bertz CT molecular complexity index is 1190. The second-order valence-corrected chi connectivity index (χ2v) is 9.21. The molecule has 152 valence electrons. The fourth-order valence-corrected chi connectivity index (χ4v) is 5.18. The number of fused-ring (bicyclic) bond motifs is 1. The summed E-state index contributed by atoms with van der Waals surface area (Å²) in [6.07, 6.45) is 0. The number of aryl methyl sites for hydroxylation is 2. The number of carbonyl (C=O) groups excluding carboxylic acids is 1. The van der Waals surface area contributed by atoms with Gasteiger partial charge in [0.15, 0.2) is 17.3 Å². The van der Waals surface area contributed by atoms with Crippen molar-refractivity contribution < 1.29 is 27.2 Å². The van der Waals surface area contributed by atoms with E-state index >= 15 is 0 Å². The van der Waals surface area contributed by atoms with Crippen LogP contribution >= 0.6 is 22.9 Å². The van der Waals surface area contributed by atoms with E-state index in [9.17, 15) is 13.2 Å². The maximum absolute atomic E-state index is 13.2. The Labute approximate surface area is 175 Å². The normalized spacial score (nSPS) is 14.0. The van der Waals surface area contributed by atoms with Crippen LogP contribution in [0.25, 0.3) is 0 Å². The Kier molecular flexibility index (Phi) is 5.01. The molecule has 0 bridgehead atoms. The molecule has 29 heavy (non-hydrogen) atoms. The van der Waals surface area contributed by atoms with E-state index in [1.165, 1.54) is 22.8 Å². The third-order valence-electron chi connectivity index (χ3n) is 4.45. The van der Waals surface area contributed by atoms with Crippen molar-refractivity contribution in [2.24, 2.45) is 0 Å². The van der Waals surface area contributed by atoms with Crippen LogP contribution in [-0.2, 0) is 14.8 Å². The minimum atomic E-state index is -4.06. The number of hydrogen-bond donors (Lipinski definition) is 1. The number of thiophene rings is 1. The van der Waals surface area contributed by atoms with Gasteiger partial charge in [-0.2, -0.15) is 11.3 Å². The number of sulfonamides is 1. The number of nitrogens with zero attached hydrogens (tertiary/aromatic N) is 1. The van der Waals surface area contributed by atoms with Crippen LogP contribution in [0.3, 0.4) is 0 Å². The van der Waals surface area contributed by atoms with Gasteiger partial charge < -0.3 is 14.0 Å². The molecule has 1 N–H and O–H groups in total. The van der Waals surface area contributed by atoms with E-state index in [1.54, 1.807) is 31.4 Å². The highest BCUT2D eigenvalue weighted by atomic mass is 35.5. The van der Waals surface area contributed by atoms with Crippen molar-refractivity contribution in [3.8, 4) is 11.5 Å². The smallest absolute Gasteiger partial charge is 0.264 e. The summed E-state index contributed by atoms with van der Waals surface area (Å²) in [4.78, 5) is 13.2. The first-order valence-electron chi connectivity index (χ1n) is 8.38. The van der Waals surface area contributed by atoms with Gasteiger partial charge in [-0.25, -0.2) is 13.1 Å². The molecule has 3 aromatic rings. The molecule has 0 saturated heterocycles. The van der Waals surface area contributed by atoms with Crippen LogP contribution in [0.5, 0.6) is 11.5 Å². The number of ether oxygens (including phenoxy) is 2. The standard InChI is InChI=1S/C18H15ClN2O6S2/c1-9-5-13-14(26-8-25-13)6-12(9)15(17-16(19)10(2)20-27-17)18(22)21-29(23,24)11-3-4-28-7-11/h3-7,15H,8H2,1-2H3,(H,21,22). The van der Waals surface area contributed by atoms with Crippen molar-refractivity contribution in [2.75, 3.05) is 6.79 Å². The first kappa shape index (κ1) is 19.7. The van der Waals surface area contributed by atoms with Gasteiger partial charge >= 0.3 is 0 Å². The van der Waals surface area contributed by atoms with Crippen molar-refractivity contribution in [1.82, 2.24) is 9.88 Å². The number of nitrogens with one attached hydrogen (secondary N) is 1. The van der Waals surface area contributed by atoms with Gasteiger partial charge in [0.05, 0.1) is 10.6 Å². The van der Waals surface area contributed by atoms with Gasteiger partial charge in [0.25, 0.3) is 10.0 Å². The number of halogens is 1. The molecule has 4 rings (SSSR count). The fraction of sp³-hybridized carbons (Fsp3) is 0.222. The molecule has 11 heteroatoms. The van der Waals surface area contributed by atoms with E-state index in [0.29, 0.717) is 28.3 Å². The molecule has 0 fully saturated rings. The van der Waals surface area contributed by atoms with E-state index < -0.39 is 21.8 Å². The topological polar surface area (TPSA) is 108 Å². The van der Waals surface area contributed by atoms with Crippen LogP contribution in [-0.4, -0.2) is 26.3 Å². The third-order valence-corrected chi connectivity index (χ3v) is 7.09. The minimum Gasteiger partial charge on any atom is -0.454 e. The van der Waals surface area contributed by atoms with Gasteiger partial charge in [-0.3, -0.25) is 4.79 Å². The van der Waals surface area contributed by atoms with E-state index in [2.05, 4.69) is 9.88 Å². The molecular formula is C18H15ClN2O6S2. The summed E-state index contributed by atoms with van der Waals surface area (Å²) in [7, 11) is -4.06. The highest BCUT2D eigenvalue weighted by Crippen LogP contribution is 2.41. The van der Waals surface area contributed by atoms with Crippen molar-refractivity contribution >= 4 is 38.9 Å². The van der Waals surface area contributed by atoms with Crippen LogP contribution in [0.1, 0.15) is 28.5 Å². The van der Waals surface area contributed by atoms with Gasteiger partial charge in [0.2, 0.25) is 12.7 Å². The van der Waals surface area contributed by atoms with Crippen molar-refractivity contribution in [3.05, 3.63) is 56.6 Å². The lowest BCUT2D eigenvalue weighted by Gasteiger charge is -2.18. The maximum atomic E-state index is 13.2. The van der Waals surface area contributed by atoms with Crippen LogP contribution < -0.4 is 14.2 Å². The second kappa shape index (κ2) is 7.36. The number of hydrogen-bond acceptors (Lipinski definition) is 8. The number of rotatable bonds is 5. The quantitative estimate of drug-likeness (QED) is 0.629. The molecule has 1 unspecified atom stereocenters. The first-order chi connectivity index (χ1) is 13.8. The zero-order valence-electron chi connectivity index (χ0n) is 15.3. The number of amides is 1. The largest absolute Gasteiger partial charge is 0.454 e. The molecule has 2 aromatic heterocycles. The lowest BCUT2D eigenvalue weighted by atomic mass is 9.91. The molecule has 1 atom stereocenters. The Morgan fingerprint density at radius 2 is 2.00 bits per heavy atom. The third kappa shape index (κ3) is 3.59. The minimum absolute atomic E-state index is 0.00291. The van der Waals surface area contributed by atoms with Gasteiger partial charge in [0.1, 0.15) is 10.9 Å². The number of benzene rings is 1. The summed E-state index contributed by atoms with van der Waals surface area (Å²) < 4.78 is 43.3. The summed E-state index contributed by atoms with van der Waals surface area (Å²) in [5.74, 6) is -0.959. The Morgan fingerprint density at radius 1 is 1.28 bits per heavy atom. The molecule has 0 spiro atoms. The molecular weight excluding hydrogens is 440 g/mol. The summed E-state index contributed by atoms with van der Waals surface area (Å²) in [6.45, 7) is 3.45. The van der Waals surface area contributed by atoms with Gasteiger partial charge in [-0.15, -0.1) is 0 Å². The predicted octanol–water partition coefficient (Wildman–Crippen LogP) is 3.37. The highest BCUT2D eigenvalue weighted by molar-refractivity contribution is 7.90. The average molecular weight is 455 g/mol. The maximum Gasteiger partial charge on any atom is 0.264 e. The molecule has 0 radical (unpaired) electrons. The highest BCUT2D eigenvalue weighted by Gasteiger charge is 2.35.